The topological polar surface area (TPSA) is 36.3 Å². The molecule has 120 valence electrons. The Balaban J connectivity index is 1.77. The molecule has 5 heteroatoms. The molecule has 2 heterocycles. The molecule has 22 heavy (non-hydrogen) atoms. The van der Waals surface area contributed by atoms with Gasteiger partial charge in [0.05, 0.1) is 18.1 Å². The third kappa shape index (κ3) is 3.52. The number of ether oxygens (including phenoxy) is 2. The number of hydrogen-bond acceptors (Lipinski definition) is 3. The van der Waals surface area contributed by atoms with Gasteiger partial charge in [0.15, 0.2) is 0 Å². The van der Waals surface area contributed by atoms with Crippen molar-refractivity contribution in [2.24, 2.45) is 0 Å². The molecule has 2 aromatic rings. The van der Waals surface area contributed by atoms with E-state index in [1.165, 1.54) is 24.4 Å². The minimum Gasteiger partial charge on any atom is -0.481 e. The first-order chi connectivity index (χ1) is 10.5. The van der Waals surface area contributed by atoms with E-state index in [0.717, 1.165) is 17.6 Å². The minimum absolute atomic E-state index is 0.613. The molecule has 0 spiro atoms. The fourth-order valence-corrected chi connectivity index (χ4v) is 3.39. The van der Waals surface area contributed by atoms with Crippen LogP contribution in [0.3, 0.4) is 0 Å². The van der Waals surface area contributed by atoms with Gasteiger partial charge in [-0.05, 0) is 36.4 Å². The highest BCUT2D eigenvalue weighted by atomic mass is 28.3. The molecule has 4 nitrogen and oxygen atoms in total. The fourth-order valence-electron chi connectivity index (χ4n) is 2.63. The smallest absolute Gasteiger partial charge is 0.213 e. The lowest BCUT2D eigenvalue weighted by Gasteiger charge is -2.15. The summed E-state index contributed by atoms with van der Waals surface area (Å²) in [4.78, 5) is 4.65. The number of nitrogens with zero attached hydrogens (tertiary/aromatic N) is 2. The third-order valence-electron chi connectivity index (χ3n) is 4.18. The van der Waals surface area contributed by atoms with Crippen LogP contribution in [0.1, 0.15) is 24.3 Å². The summed E-state index contributed by atoms with van der Waals surface area (Å²) in [6, 6.07) is 5.22. The lowest BCUT2D eigenvalue weighted by Crippen LogP contribution is -2.21. The molecular formula is C17H26N2O2Si. The maximum atomic E-state index is 5.91. The summed E-state index contributed by atoms with van der Waals surface area (Å²) in [6.45, 7) is 8.59. The predicted octanol–water partition coefficient (Wildman–Crippen LogP) is 4.23. The standard InChI is InChI=1S/C17H26N2O2Si/c1-20-16-8-7-15-17(18-16)14(13-5-6-13)11-19(15)12-21-9-10-22(2,3)4/h7-8,11,13H,5-6,9-10,12H2,1-4H3. The highest BCUT2D eigenvalue weighted by molar-refractivity contribution is 6.76. The van der Waals surface area contributed by atoms with Crippen molar-refractivity contribution in [1.29, 1.82) is 0 Å². The van der Waals surface area contributed by atoms with E-state index < -0.39 is 8.07 Å². The number of rotatable bonds is 7. The Morgan fingerprint density at radius 2 is 2.05 bits per heavy atom. The molecule has 2 aromatic heterocycles. The highest BCUT2D eigenvalue weighted by Crippen LogP contribution is 2.43. The Hall–Kier alpha value is -1.33. The lowest BCUT2D eigenvalue weighted by atomic mass is 10.2. The number of pyridine rings is 1. The van der Waals surface area contributed by atoms with Crippen molar-refractivity contribution in [2.75, 3.05) is 13.7 Å². The minimum atomic E-state index is -1.03. The van der Waals surface area contributed by atoms with E-state index in [4.69, 9.17) is 9.47 Å². The van der Waals surface area contributed by atoms with Crippen LogP contribution in [-0.4, -0.2) is 31.3 Å². The van der Waals surface area contributed by atoms with Gasteiger partial charge in [0.2, 0.25) is 5.88 Å². The summed E-state index contributed by atoms with van der Waals surface area (Å²) in [6.07, 6.45) is 4.77. The van der Waals surface area contributed by atoms with E-state index in [1.54, 1.807) is 7.11 Å². The molecule has 0 aliphatic heterocycles. The molecule has 0 amide bonds. The van der Waals surface area contributed by atoms with E-state index >= 15 is 0 Å². The first-order valence-electron chi connectivity index (χ1n) is 8.09. The van der Waals surface area contributed by atoms with Crippen molar-refractivity contribution >= 4 is 19.1 Å². The second kappa shape index (κ2) is 6.05. The molecule has 0 aromatic carbocycles. The van der Waals surface area contributed by atoms with Gasteiger partial charge in [-0.3, -0.25) is 0 Å². The van der Waals surface area contributed by atoms with E-state index in [9.17, 15) is 0 Å². The monoisotopic (exact) mass is 318 g/mol. The highest BCUT2D eigenvalue weighted by Gasteiger charge is 2.28. The number of hydrogen-bond donors (Lipinski definition) is 0. The average molecular weight is 318 g/mol. The third-order valence-corrected chi connectivity index (χ3v) is 5.88. The second-order valence-electron chi connectivity index (χ2n) is 7.40. The van der Waals surface area contributed by atoms with Gasteiger partial charge in [-0.2, -0.15) is 0 Å². The molecule has 1 fully saturated rings. The van der Waals surface area contributed by atoms with Gasteiger partial charge in [-0.25, -0.2) is 4.98 Å². The Labute approximate surface area is 133 Å². The summed E-state index contributed by atoms with van der Waals surface area (Å²) in [7, 11) is 0.641. The molecule has 0 saturated heterocycles. The van der Waals surface area contributed by atoms with E-state index in [-0.39, 0.29) is 0 Å². The average Bonchev–Trinajstić information content (AvgIpc) is 3.25. The lowest BCUT2D eigenvalue weighted by molar-refractivity contribution is 0.0901. The van der Waals surface area contributed by atoms with Gasteiger partial charge in [0.25, 0.3) is 0 Å². The van der Waals surface area contributed by atoms with Gasteiger partial charge in [0.1, 0.15) is 6.73 Å². The Morgan fingerprint density at radius 1 is 1.27 bits per heavy atom. The molecule has 1 saturated carbocycles. The first-order valence-corrected chi connectivity index (χ1v) is 11.8. The molecule has 0 atom stereocenters. The van der Waals surface area contributed by atoms with Crippen LogP contribution in [0.15, 0.2) is 18.3 Å². The van der Waals surface area contributed by atoms with Crippen molar-refractivity contribution in [3.05, 3.63) is 23.9 Å². The zero-order chi connectivity index (χ0) is 15.7. The Morgan fingerprint density at radius 3 is 2.68 bits per heavy atom. The van der Waals surface area contributed by atoms with Crippen molar-refractivity contribution in [3.63, 3.8) is 0 Å². The normalized spacial score (nSPS) is 15.5. The summed E-state index contributed by atoms with van der Waals surface area (Å²) in [5.74, 6) is 1.36. The molecule has 0 N–H and O–H groups in total. The van der Waals surface area contributed by atoms with Gasteiger partial charge in [-0.1, -0.05) is 19.6 Å². The predicted molar refractivity (Wildman–Crippen MR) is 92.4 cm³/mol. The quantitative estimate of drug-likeness (QED) is 0.566. The van der Waals surface area contributed by atoms with Crippen LogP contribution < -0.4 is 4.74 Å². The zero-order valence-electron chi connectivity index (χ0n) is 14.1. The number of fused-ring (bicyclic) bond motifs is 1. The summed E-state index contributed by atoms with van der Waals surface area (Å²) < 4.78 is 13.4. The fraction of sp³-hybridized carbons (Fsp3) is 0.588. The molecule has 0 unspecified atom stereocenters. The zero-order valence-corrected chi connectivity index (χ0v) is 15.1. The van der Waals surface area contributed by atoms with E-state index in [2.05, 4.69) is 41.5 Å². The first kappa shape index (κ1) is 15.6. The van der Waals surface area contributed by atoms with Crippen LogP contribution in [0.25, 0.3) is 11.0 Å². The summed E-state index contributed by atoms with van der Waals surface area (Å²) in [5, 5.41) is 0. The van der Waals surface area contributed by atoms with E-state index in [0.29, 0.717) is 18.5 Å². The van der Waals surface area contributed by atoms with Crippen molar-refractivity contribution in [3.8, 4) is 5.88 Å². The Kier molecular flexibility index (Phi) is 4.28. The number of methoxy groups -OCH3 is 1. The number of aromatic nitrogens is 2. The van der Waals surface area contributed by atoms with Crippen LogP contribution in [0, 0.1) is 0 Å². The molecule has 3 rings (SSSR count). The van der Waals surface area contributed by atoms with Crippen LogP contribution >= 0.6 is 0 Å². The van der Waals surface area contributed by atoms with Gasteiger partial charge in [0, 0.05) is 26.9 Å². The van der Waals surface area contributed by atoms with Gasteiger partial charge in [-0.15, -0.1) is 0 Å². The van der Waals surface area contributed by atoms with Crippen molar-refractivity contribution < 1.29 is 9.47 Å². The maximum Gasteiger partial charge on any atom is 0.213 e. The summed E-state index contributed by atoms with van der Waals surface area (Å²) in [5.41, 5.74) is 3.58. The Bertz CT molecular complexity index is 656. The van der Waals surface area contributed by atoms with Crippen molar-refractivity contribution in [1.82, 2.24) is 9.55 Å². The summed E-state index contributed by atoms with van der Waals surface area (Å²) >= 11 is 0. The molecular weight excluding hydrogens is 292 g/mol. The van der Waals surface area contributed by atoms with Crippen molar-refractivity contribution in [2.45, 2.75) is 51.2 Å². The molecule has 1 aliphatic carbocycles. The molecule has 0 bridgehead atoms. The maximum absolute atomic E-state index is 5.91. The molecule has 0 radical (unpaired) electrons. The SMILES string of the molecule is COc1ccc2c(n1)c(C1CC1)cn2COCC[Si](C)(C)C. The van der Waals surface area contributed by atoms with E-state index in [1.807, 2.05) is 6.07 Å². The van der Waals surface area contributed by atoms with Crippen LogP contribution in [-0.2, 0) is 11.5 Å². The second-order valence-corrected chi connectivity index (χ2v) is 13.0. The molecule has 1 aliphatic rings. The van der Waals surface area contributed by atoms with Crippen LogP contribution in [0.2, 0.25) is 25.7 Å². The van der Waals surface area contributed by atoms with Crippen LogP contribution in [0.5, 0.6) is 5.88 Å². The van der Waals surface area contributed by atoms with Crippen LogP contribution in [0.4, 0.5) is 0 Å². The largest absolute Gasteiger partial charge is 0.481 e. The van der Waals surface area contributed by atoms with Gasteiger partial charge >= 0.3 is 0 Å². The van der Waals surface area contributed by atoms with Gasteiger partial charge < -0.3 is 14.0 Å².